The highest BCUT2D eigenvalue weighted by atomic mass is 35.5. The van der Waals surface area contributed by atoms with Crippen molar-refractivity contribution in [2.45, 2.75) is 45.4 Å². The highest BCUT2D eigenvalue weighted by molar-refractivity contribution is 8.27. The van der Waals surface area contributed by atoms with Crippen LogP contribution in [0.5, 0.6) is 5.75 Å². The van der Waals surface area contributed by atoms with Gasteiger partial charge in [-0.15, -0.1) is 0 Å². The number of hydrogen-bond donors (Lipinski definition) is 0. The first kappa shape index (κ1) is 22.9. The molecule has 0 unspecified atom stereocenters. The Kier molecular flexibility index (Phi) is 8.79. The zero-order valence-corrected chi connectivity index (χ0v) is 19.5. The number of carbonyl (C=O) groups excluding carboxylic acids is 1. The number of thioether (sulfide) groups is 1. The molecule has 0 saturated carbocycles. The Balaban J connectivity index is 1.54. The van der Waals surface area contributed by atoms with E-state index in [9.17, 15) is 4.79 Å². The van der Waals surface area contributed by atoms with Gasteiger partial charge in [0.2, 0.25) is 0 Å². The molecule has 30 heavy (non-hydrogen) atoms. The van der Waals surface area contributed by atoms with Crippen LogP contribution in [0.3, 0.4) is 0 Å². The lowest BCUT2D eigenvalue weighted by Gasteiger charge is -2.14. The van der Waals surface area contributed by atoms with Gasteiger partial charge in [-0.3, -0.25) is 9.69 Å². The van der Waals surface area contributed by atoms with E-state index in [1.54, 1.807) is 29.2 Å². The molecule has 1 heterocycles. The molecule has 0 aliphatic carbocycles. The topological polar surface area (TPSA) is 29.5 Å². The lowest BCUT2D eigenvalue weighted by molar-refractivity contribution is -0.113. The van der Waals surface area contributed by atoms with Crippen molar-refractivity contribution in [1.29, 1.82) is 0 Å². The van der Waals surface area contributed by atoms with E-state index in [2.05, 4.69) is 6.92 Å². The summed E-state index contributed by atoms with van der Waals surface area (Å²) in [4.78, 5) is 15.0. The molecule has 158 valence electrons. The summed E-state index contributed by atoms with van der Waals surface area (Å²) in [5.41, 5.74) is 1.67. The zero-order chi connectivity index (χ0) is 21.3. The normalized spacial score (nSPS) is 15.3. The number of unbranched alkanes of at least 4 members (excludes halogenated alkanes) is 5. The molecule has 0 atom stereocenters. The second-order valence-corrected chi connectivity index (χ2v) is 9.29. The molecular weight excluding hydrogens is 434 g/mol. The molecule has 1 amide bonds. The molecule has 2 aromatic carbocycles. The van der Waals surface area contributed by atoms with Crippen LogP contribution in [0.2, 0.25) is 5.02 Å². The molecule has 1 aliphatic heterocycles. The van der Waals surface area contributed by atoms with E-state index in [-0.39, 0.29) is 5.91 Å². The Bertz CT molecular complexity index is 894. The molecule has 0 bridgehead atoms. The predicted octanol–water partition coefficient (Wildman–Crippen LogP) is 7.49. The maximum atomic E-state index is 12.8. The largest absolute Gasteiger partial charge is 0.494 e. The Morgan fingerprint density at radius 1 is 1.00 bits per heavy atom. The van der Waals surface area contributed by atoms with Gasteiger partial charge in [-0.25, -0.2) is 0 Å². The summed E-state index contributed by atoms with van der Waals surface area (Å²) in [5, 5.41) is 0.624. The highest BCUT2D eigenvalue weighted by Gasteiger charge is 2.33. The maximum absolute atomic E-state index is 12.8. The van der Waals surface area contributed by atoms with E-state index in [4.69, 9.17) is 28.6 Å². The number of hydrogen-bond acceptors (Lipinski definition) is 4. The van der Waals surface area contributed by atoms with Crippen LogP contribution >= 0.6 is 35.6 Å². The van der Waals surface area contributed by atoms with Crippen LogP contribution in [-0.4, -0.2) is 16.8 Å². The molecule has 6 heteroatoms. The molecule has 0 N–H and O–H groups in total. The van der Waals surface area contributed by atoms with Crippen molar-refractivity contribution in [2.75, 3.05) is 11.5 Å². The van der Waals surface area contributed by atoms with Gasteiger partial charge < -0.3 is 4.74 Å². The summed E-state index contributed by atoms with van der Waals surface area (Å²) in [5.74, 6) is 0.741. The minimum absolute atomic E-state index is 0.115. The third-order valence-corrected chi connectivity index (χ3v) is 6.38. The van der Waals surface area contributed by atoms with Gasteiger partial charge in [-0.1, -0.05) is 86.7 Å². The quantitative estimate of drug-likeness (QED) is 0.209. The molecule has 3 nitrogen and oxygen atoms in total. The molecule has 3 rings (SSSR count). The second kappa shape index (κ2) is 11.5. The Hall–Kier alpha value is -1.82. The van der Waals surface area contributed by atoms with Gasteiger partial charge >= 0.3 is 0 Å². The lowest BCUT2D eigenvalue weighted by atomic mass is 10.1. The molecule has 0 spiro atoms. The monoisotopic (exact) mass is 459 g/mol. The molecule has 2 aromatic rings. The van der Waals surface area contributed by atoms with E-state index in [1.165, 1.54) is 43.9 Å². The Morgan fingerprint density at radius 3 is 2.37 bits per heavy atom. The van der Waals surface area contributed by atoms with Gasteiger partial charge in [-0.05, 0) is 54.5 Å². The van der Waals surface area contributed by atoms with Crippen LogP contribution in [0.15, 0.2) is 53.4 Å². The molecule has 1 saturated heterocycles. The van der Waals surface area contributed by atoms with Crippen LogP contribution in [-0.2, 0) is 4.79 Å². The van der Waals surface area contributed by atoms with Crippen molar-refractivity contribution < 1.29 is 9.53 Å². The first-order valence-corrected chi connectivity index (χ1v) is 11.9. The van der Waals surface area contributed by atoms with Gasteiger partial charge in [-0.2, -0.15) is 0 Å². The molecule has 0 radical (unpaired) electrons. The van der Waals surface area contributed by atoms with E-state index in [0.717, 1.165) is 30.0 Å². The third-order valence-electron chi connectivity index (χ3n) is 4.82. The molecular formula is C24H26ClNO2S2. The van der Waals surface area contributed by atoms with E-state index < -0.39 is 0 Å². The number of ether oxygens (including phenoxy) is 1. The minimum Gasteiger partial charge on any atom is -0.494 e. The van der Waals surface area contributed by atoms with Gasteiger partial charge in [0.1, 0.15) is 5.75 Å². The SMILES string of the molecule is CCCCCCCCOc1ccc(/C=C2\SC(=S)N(c3ccc(Cl)cc3)C2=O)cc1. The summed E-state index contributed by atoms with van der Waals surface area (Å²) in [6.07, 6.45) is 9.35. The fourth-order valence-corrected chi connectivity index (χ4v) is 4.59. The van der Waals surface area contributed by atoms with Crippen LogP contribution in [0, 0.1) is 0 Å². The fourth-order valence-electron chi connectivity index (χ4n) is 3.16. The van der Waals surface area contributed by atoms with Crippen LogP contribution < -0.4 is 9.64 Å². The van der Waals surface area contributed by atoms with Crippen molar-refractivity contribution in [3.8, 4) is 5.75 Å². The number of amides is 1. The van der Waals surface area contributed by atoms with Crippen molar-refractivity contribution in [3.63, 3.8) is 0 Å². The van der Waals surface area contributed by atoms with Gasteiger partial charge in [0, 0.05) is 5.02 Å². The summed E-state index contributed by atoms with van der Waals surface area (Å²) in [6, 6.07) is 14.9. The minimum atomic E-state index is -0.115. The standard InChI is InChI=1S/C24H26ClNO2S2/c1-2-3-4-5-6-7-16-28-21-14-8-18(9-15-21)17-22-23(27)26(24(29)30-22)20-12-10-19(25)11-13-20/h8-15,17H,2-7,16H2,1H3/b22-17-. The lowest BCUT2D eigenvalue weighted by Crippen LogP contribution is -2.27. The fraction of sp³-hybridized carbons (Fsp3) is 0.333. The molecule has 0 aromatic heterocycles. The van der Waals surface area contributed by atoms with Crippen molar-refractivity contribution in [3.05, 3.63) is 64.0 Å². The Labute approximate surface area is 193 Å². The second-order valence-electron chi connectivity index (χ2n) is 7.18. The smallest absolute Gasteiger partial charge is 0.270 e. The molecule has 1 fully saturated rings. The van der Waals surface area contributed by atoms with Crippen molar-refractivity contribution >= 4 is 57.6 Å². The van der Waals surface area contributed by atoms with Crippen LogP contribution in [0.4, 0.5) is 5.69 Å². The summed E-state index contributed by atoms with van der Waals surface area (Å²) >= 11 is 12.7. The van der Waals surface area contributed by atoms with Gasteiger partial charge in [0.05, 0.1) is 17.2 Å². The average molecular weight is 460 g/mol. The van der Waals surface area contributed by atoms with Crippen molar-refractivity contribution in [2.24, 2.45) is 0 Å². The summed E-state index contributed by atoms with van der Waals surface area (Å²) < 4.78 is 6.35. The summed E-state index contributed by atoms with van der Waals surface area (Å²) in [7, 11) is 0. The zero-order valence-electron chi connectivity index (χ0n) is 17.1. The van der Waals surface area contributed by atoms with Crippen LogP contribution in [0.25, 0.3) is 6.08 Å². The first-order chi connectivity index (χ1) is 14.6. The number of halogens is 1. The summed E-state index contributed by atoms with van der Waals surface area (Å²) in [6.45, 7) is 2.97. The average Bonchev–Trinajstić information content (AvgIpc) is 3.02. The van der Waals surface area contributed by atoms with Gasteiger partial charge in [0.25, 0.3) is 5.91 Å². The Morgan fingerprint density at radius 2 is 1.67 bits per heavy atom. The highest BCUT2D eigenvalue weighted by Crippen LogP contribution is 2.36. The third kappa shape index (κ3) is 6.34. The number of benzene rings is 2. The van der Waals surface area contributed by atoms with Crippen molar-refractivity contribution in [1.82, 2.24) is 0 Å². The van der Waals surface area contributed by atoms with E-state index >= 15 is 0 Å². The predicted molar refractivity (Wildman–Crippen MR) is 132 cm³/mol. The number of carbonyl (C=O) groups is 1. The van der Waals surface area contributed by atoms with Gasteiger partial charge in [0.15, 0.2) is 4.32 Å². The number of thiocarbonyl (C=S) groups is 1. The first-order valence-electron chi connectivity index (χ1n) is 10.3. The number of rotatable bonds is 10. The number of anilines is 1. The van der Waals surface area contributed by atoms with E-state index in [0.29, 0.717) is 14.2 Å². The molecule has 1 aliphatic rings. The van der Waals surface area contributed by atoms with Crippen LogP contribution in [0.1, 0.15) is 51.0 Å². The number of nitrogens with zero attached hydrogens (tertiary/aromatic N) is 1. The maximum Gasteiger partial charge on any atom is 0.270 e. The van der Waals surface area contributed by atoms with E-state index in [1.807, 2.05) is 30.3 Å².